The molecule has 0 aromatic rings. The van der Waals surface area contributed by atoms with Gasteiger partial charge >= 0.3 is 0 Å². The van der Waals surface area contributed by atoms with Crippen LogP contribution in [0.5, 0.6) is 0 Å². The molecular formula is C18H30O2. The van der Waals surface area contributed by atoms with Gasteiger partial charge in [-0.15, -0.1) is 0 Å². The SMILES string of the molecule is C\C=C(C[C@H](CC)/C(=C\CC)OC)/C(C)=C/C=C(\C)O. The predicted molar refractivity (Wildman–Crippen MR) is 87.7 cm³/mol. The van der Waals surface area contributed by atoms with Gasteiger partial charge in [0.25, 0.3) is 0 Å². The van der Waals surface area contributed by atoms with E-state index in [0.717, 1.165) is 25.0 Å². The number of allylic oxidation sites excluding steroid dienone is 8. The highest BCUT2D eigenvalue weighted by Gasteiger charge is 2.15. The van der Waals surface area contributed by atoms with Crippen LogP contribution in [0.25, 0.3) is 0 Å². The Bertz CT molecular complexity index is 394. The fourth-order valence-corrected chi connectivity index (χ4v) is 2.19. The summed E-state index contributed by atoms with van der Waals surface area (Å²) < 4.78 is 5.53. The van der Waals surface area contributed by atoms with E-state index in [-0.39, 0.29) is 0 Å². The first-order chi connectivity index (χ1) is 9.49. The monoisotopic (exact) mass is 278 g/mol. The Kier molecular flexibility index (Phi) is 9.61. The Hall–Kier alpha value is -1.44. The van der Waals surface area contributed by atoms with Crippen molar-refractivity contribution < 1.29 is 9.84 Å². The Labute approximate surface area is 124 Å². The first kappa shape index (κ1) is 18.6. The van der Waals surface area contributed by atoms with E-state index in [1.807, 2.05) is 6.08 Å². The molecule has 0 radical (unpaired) electrons. The van der Waals surface area contributed by atoms with Crippen LogP contribution in [0.15, 0.2) is 47.0 Å². The highest BCUT2D eigenvalue weighted by molar-refractivity contribution is 5.33. The third-order valence-corrected chi connectivity index (χ3v) is 3.43. The molecule has 0 rings (SSSR count). The van der Waals surface area contributed by atoms with E-state index in [1.165, 1.54) is 11.1 Å². The van der Waals surface area contributed by atoms with Crippen LogP contribution in [0, 0.1) is 5.92 Å². The van der Waals surface area contributed by atoms with Gasteiger partial charge in [-0.25, -0.2) is 0 Å². The number of hydrogen-bond donors (Lipinski definition) is 1. The van der Waals surface area contributed by atoms with Crippen molar-refractivity contribution in [3.05, 3.63) is 47.0 Å². The van der Waals surface area contributed by atoms with Crippen LogP contribution in [0.1, 0.15) is 53.9 Å². The number of aliphatic hydroxyl groups is 1. The molecule has 0 aliphatic heterocycles. The average Bonchev–Trinajstić information content (AvgIpc) is 2.44. The maximum Gasteiger partial charge on any atom is 0.0949 e. The molecule has 0 aromatic heterocycles. The average molecular weight is 278 g/mol. The van der Waals surface area contributed by atoms with Crippen molar-refractivity contribution in [2.75, 3.05) is 7.11 Å². The summed E-state index contributed by atoms with van der Waals surface area (Å²) in [6, 6.07) is 0. The molecule has 0 aromatic carbocycles. The first-order valence-electron chi connectivity index (χ1n) is 7.43. The molecule has 1 N–H and O–H groups in total. The van der Waals surface area contributed by atoms with Gasteiger partial charge in [0.2, 0.25) is 0 Å². The lowest BCUT2D eigenvalue weighted by atomic mass is 9.90. The third kappa shape index (κ3) is 6.65. The maximum absolute atomic E-state index is 9.25. The lowest BCUT2D eigenvalue weighted by molar-refractivity contribution is 0.235. The number of methoxy groups -OCH3 is 1. The Balaban J connectivity index is 5.07. The van der Waals surface area contributed by atoms with Gasteiger partial charge in [-0.2, -0.15) is 0 Å². The summed E-state index contributed by atoms with van der Waals surface area (Å²) in [4.78, 5) is 0. The molecule has 0 unspecified atom stereocenters. The van der Waals surface area contributed by atoms with E-state index in [9.17, 15) is 5.11 Å². The van der Waals surface area contributed by atoms with E-state index >= 15 is 0 Å². The van der Waals surface area contributed by atoms with Crippen molar-refractivity contribution in [1.29, 1.82) is 0 Å². The van der Waals surface area contributed by atoms with Crippen LogP contribution in [-0.4, -0.2) is 12.2 Å². The highest BCUT2D eigenvalue weighted by atomic mass is 16.5. The summed E-state index contributed by atoms with van der Waals surface area (Å²) in [5.74, 6) is 1.82. The third-order valence-electron chi connectivity index (χ3n) is 3.43. The second kappa shape index (κ2) is 10.4. The zero-order valence-electron chi connectivity index (χ0n) is 13.9. The molecule has 1 atom stereocenters. The number of aliphatic hydroxyl groups excluding tert-OH is 1. The molecule has 0 aliphatic rings. The van der Waals surface area contributed by atoms with Gasteiger partial charge in [-0.05, 0) is 63.3 Å². The molecule has 0 spiro atoms. The molecule has 20 heavy (non-hydrogen) atoms. The van der Waals surface area contributed by atoms with Crippen LogP contribution in [-0.2, 0) is 4.74 Å². The van der Waals surface area contributed by atoms with Crippen molar-refractivity contribution >= 4 is 0 Å². The molecule has 0 saturated carbocycles. The highest BCUT2D eigenvalue weighted by Crippen LogP contribution is 2.27. The summed E-state index contributed by atoms with van der Waals surface area (Å²) in [6.45, 7) is 10.1. The quantitative estimate of drug-likeness (QED) is 0.456. The maximum atomic E-state index is 9.25. The summed E-state index contributed by atoms with van der Waals surface area (Å²) >= 11 is 0. The minimum absolute atomic E-state index is 0.329. The van der Waals surface area contributed by atoms with Crippen molar-refractivity contribution in [2.45, 2.75) is 53.9 Å². The molecule has 0 amide bonds. The summed E-state index contributed by atoms with van der Waals surface area (Å²) in [7, 11) is 1.75. The normalized spacial score (nSPS) is 16.3. The van der Waals surface area contributed by atoms with Crippen molar-refractivity contribution in [3.63, 3.8) is 0 Å². The Morgan fingerprint density at radius 3 is 2.25 bits per heavy atom. The van der Waals surface area contributed by atoms with Gasteiger partial charge in [0.05, 0.1) is 18.6 Å². The van der Waals surface area contributed by atoms with Crippen molar-refractivity contribution in [2.24, 2.45) is 5.92 Å². The zero-order chi connectivity index (χ0) is 15.5. The van der Waals surface area contributed by atoms with E-state index in [4.69, 9.17) is 4.74 Å². The standard InChI is InChI=1S/C18H30O2/c1-7-10-18(20-6)17(9-3)13-16(8-2)14(4)11-12-15(5)19/h8,10-12,17,19H,7,9,13H2,1-6H3/b14-11+,15-12+,16-8-,18-10+/t17-/m0/s1. The van der Waals surface area contributed by atoms with Crippen molar-refractivity contribution in [1.82, 2.24) is 0 Å². The molecule has 0 saturated heterocycles. The molecule has 0 bridgehead atoms. The number of ether oxygens (including phenoxy) is 1. The Morgan fingerprint density at radius 2 is 1.85 bits per heavy atom. The van der Waals surface area contributed by atoms with E-state index in [0.29, 0.717) is 11.7 Å². The molecule has 114 valence electrons. The number of hydrogen-bond acceptors (Lipinski definition) is 2. The predicted octanol–water partition coefficient (Wildman–Crippen LogP) is 5.70. The Morgan fingerprint density at radius 1 is 1.20 bits per heavy atom. The molecule has 0 fully saturated rings. The van der Waals surface area contributed by atoms with E-state index in [1.54, 1.807) is 20.1 Å². The van der Waals surface area contributed by atoms with Gasteiger partial charge in [-0.1, -0.05) is 26.0 Å². The lowest BCUT2D eigenvalue weighted by Crippen LogP contribution is -2.07. The summed E-state index contributed by atoms with van der Waals surface area (Å²) in [5.41, 5.74) is 2.49. The molecule has 2 nitrogen and oxygen atoms in total. The van der Waals surface area contributed by atoms with Gasteiger partial charge in [0, 0.05) is 5.92 Å². The van der Waals surface area contributed by atoms with Gasteiger partial charge in [0.15, 0.2) is 0 Å². The minimum atomic E-state index is 0.329. The van der Waals surface area contributed by atoms with Crippen LogP contribution in [0.2, 0.25) is 0 Å². The second-order valence-electron chi connectivity index (χ2n) is 5.00. The van der Waals surface area contributed by atoms with Gasteiger partial charge in [-0.3, -0.25) is 0 Å². The molecule has 0 aliphatic carbocycles. The van der Waals surface area contributed by atoms with Gasteiger partial charge < -0.3 is 9.84 Å². The van der Waals surface area contributed by atoms with E-state index in [2.05, 4.69) is 39.8 Å². The van der Waals surface area contributed by atoms with Crippen LogP contribution < -0.4 is 0 Å². The summed E-state index contributed by atoms with van der Waals surface area (Å²) in [6.07, 6.45) is 11.0. The number of rotatable bonds is 8. The fourth-order valence-electron chi connectivity index (χ4n) is 2.19. The molecule has 2 heteroatoms. The lowest BCUT2D eigenvalue weighted by Gasteiger charge is -2.20. The minimum Gasteiger partial charge on any atom is -0.513 e. The molecular weight excluding hydrogens is 248 g/mol. The molecule has 0 heterocycles. The smallest absolute Gasteiger partial charge is 0.0949 e. The topological polar surface area (TPSA) is 29.5 Å². The first-order valence-corrected chi connectivity index (χ1v) is 7.43. The van der Waals surface area contributed by atoms with Crippen molar-refractivity contribution in [3.8, 4) is 0 Å². The van der Waals surface area contributed by atoms with E-state index < -0.39 is 0 Å². The van der Waals surface area contributed by atoms with Crippen LogP contribution in [0.3, 0.4) is 0 Å². The van der Waals surface area contributed by atoms with Crippen LogP contribution in [0.4, 0.5) is 0 Å². The fraction of sp³-hybridized carbons (Fsp3) is 0.556. The van der Waals surface area contributed by atoms with Crippen LogP contribution >= 0.6 is 0 Å². The zero-order valence-corrected chi connectivity index (χ0v) is 13.9. The van der Waals surface area contributed by atoms with Gasteiger partial charge in [0.1, 0.15) is 0 Å². The second-order valence-corrected chi connectivity index (χ2v) is 5.00. The summed E-state index contributed by atoms with van der Waals surface area (Å²) in [5, 5.41) is 9.25. The largest absolute Gasteiger partial charge is 0.513 e.